The SMILES string of the molecule is COc1csc(C(=O)c2cc(OC)c(Br)cc2OC)c1. The number of halogens is 1. The lowest BCUT2D eigenvalue weighted by Crippen LogP contribution is -2.03. The molecule has 1 aromatic carbocycles. The molecule has 0 aliphatic rings. The van der Waals surface area contributed by atoms with E-state index in [1.165, 1.54) is 18.4 Å². The third kappa shape index (κ3) is 2.81. The molecule has 0 atom stereocenters. The smallest absolute Gasteiger partial charge is 0.206 e. The molecule has 0 N–H and O–H groups in total. The molecule has 0 radical (unpaired) electrons. The second-order valence-electron chi connectivity index (χ2n) is 3.87. The quantitative estimate of drug-likeness (QED) is 0.765. The summed E-state index contributed by atoms with van der Waals surface area (Å²) in [5, 5.41) is 1.79. The largest absolute Gasteiger partial charge is 0.496 e. The topological polar surface area (TPSA) is 44.8 Å². The van der Waals surface area contributed by atoms with Gasteiger partial charge in [-0.25, -0.2) is 0 Å². The third-order valence-corrected chi connectivity index (χ3v) is 4.28. The molecule has 0 spiro atoms. The van der Waals surface area contributed by atoms with E-state index in [-0.39, 0.29) is 5.78 Å². The Labute approximate surface area is 129 Å². The van der Waals surface area contributed by atoms with E-state index < -0.39 is 0 Å². The Balaban J connectivity index is 2.47. The predicted octanol–water partition coefficient (Wildman–Crippen LogP) is 3.77. The van der Waals surface area contributed by atoms with Gasteiger partial charge in [0.25, 0.3) is 0 Å². The van der Waals surface area contributed by atoms with Gasteiger partial charge in [-0.05, 0) is 28.1 Å². The van der Waals surface area contributed by atoms with Crippen molar-refractivity contribution < 1.29 is 19.0 Å². The lowest BCUT2D eigenvalue weighted by Gasteiger charge is -2.10. The summed E-state index contributed by atoms with van der Waals surface area (Å²) < 4.78 is 16.3. The zero-order valence-corrected chi connectivity index (χ0v) is 13.6. The summed E-state index contributed by atoms with van der Waals surface area (Å²) in [6.07, 6.45) is 0. The summed E-state index contributed by atoms with van der Waals surface area (Å²) in [4.78, 5) is 13.1. The molecule has 106 valence electrons. The zero-order chi connectivity index (χ0) is 14.7. The van der Waals surface area contributed by atoms with E-state index >= 15 is 0 Å². The lowest BCUT2D eigenvalue weighted by molar-refractivity contribution is 0.103. The fraction of sp³-hybridized carbons (Fsp3) is 0.214. The van der Waals surface area contributed by atoms with Crippen LogP contribution in [0, 0.1) is 0 Å². The number of ether oxygens (including phenoxy) is 3. The Morgan fingerprint density at radius 2 is 1.75 bits per heavy atom. The van der Waals surface area contributed by atoms with E-state index in [2.05, 4.69) is 15.9 Å². The summed E-state index contributed by atoms with van der Waals surface area (Å²) in [6.45, 7) is 0. The first-order valence-electron chi connectivity index (χ1n) is 5.69. The van der Waals surface area contributed by atoms with Gasteiger partial charge in [0.1, 0.15) is 17.2 Å². The van der Waals surface area contributed by atoms with Crippen LogP contribution in [0.4, 0.5) is 0 Å². The van der Waals surface area contributed by atoms with Crippen molar-refractivity contribution in [2.45, 2.75) is 0 Å². The third-order valence-electron chi connectivity index (χ3n) is 2.75. The number of carbonyl (C=O) groups excluding carboxylic acids is 1. The molecule has 2 aromatic rings. The van der Waals surface area contributed by atoms with Crippen molar-refractivity contribution in [3.63, 3.8) is 0 Å². The van der Waals surface area contributed by atoms with Crippen LogP contribution in [0.3, 0.4) is 0 Å². The van der Waals surface area contributed by atoms with Crippen LogP contribution in [-0.2, 0) is 0 Å². The van der Waals surface area contributed by atoms with E-state index in [1.807, 2.05) is 0 Å². The number of hydrogen-bond acceptors (Lipinski definition) is 5. The minimum atomic E-state index is -0.124. The number of ketones is 1. The Hall–Kier alpha value is -1.53. The molecule has 0 bridgehead atoms. The summed E-state index contributed by atoms with van der Waals surface area (Å²) in [5.41, 5.74) is 0.456. The van der Waals surface area contributed by atoms with E-state index in [1.54, 1.807) is 37.8 Å². The maximum absolute atomic E-state index is 12.5. The average Bonchev–Trinajstić information content (AvgIpc) is 2.95. The van der Waals surface area contributed by atoms with Gasteiger partial charge in [0.2, 0.25) is 5.78 Å². The highest BCUT2D eigenvalue weighted by atomic mass is 79.9. The van der Waals surface area contributed by atoms with E-state index in [9.17, 15) is 4.79 Å². The number of thiophene rings is 1. The molecule has 4 nitrogen and oxygen atoms in total. The molecule has 0 fully saturated rings. The van der Waals surface area contributed by atoms with Gasteiger partial charge >= 0.3 is 0 Å². The molecule has 1 heterocycles. The Bertz CT molecular complexity index is 636. The summed E-state index contributed by atoms with van der Waals surface area (Å²) >= 11 is 4.70. The van der Waals surface area contributed by atoms with Gasteiger partial charge in [0.15, 0.2) is 0 Å². The van der Waals surface area contributed by atoms with Crippen LogP contribution < -0.4 is 14.2 Å². The number of carbonyl (C=O) groups is 1. The van der Waals surface area contributed by atoms with Crippen LogP contribution in [0.15, 0.2) is 28.1 Å². The van der Waals surface area contributed by atoms with Gasteiger partial charge in [-0.2, -0.15) is 0 Å². The number of rotatable bonds is 5. The van der Waals surface area contributed by atoms with Crippen LogP contribution in [0.2, 0.25) is 0 Å². The summed E-state index contributed by atoms with van der Waals surface area (Å²) in [7, 11) is 4.65. The Morgan fingerprint density at radius 1 is 1.05 bits per heavy atom. The van der Waals surface area contributed by atoms with Gasteiger partial charge in [0, 0.05) is 11.4 Å². The summed E-state index contributed by atoms with van der Waals surface area (Å²) in [5.74, 6) is 1.62. The second-order valence-corrected chi connectivity index (χ2v) is 5.63. The molecule has 0 unspecified atom stereocenters. The molecule has 0 saturated carbocycles. The van der Waals surface area contributed by atoms with Gasteiger partial charge < -0.3 is 14.2 Å². The monoisotopic (exact) mass is 356 g/mol. The molecule has 0 aliphatic carbocycles. The van der Waals surface area contributed by atoms with Crippen molar-refractivity contribution in [2.75, 3.05) is 21.3 Å². The van der Waals surface area contributed by atoms with Gasteiger partial charge in [-0.3, -0.25) is 4.79 Å². The predicted molar refractivity (Wildman–Crippen MR) is 81.5 cm³/mol. The van der Waals surface area contributed by atoms with Crippen molar-refractivity contribution in [1.82, 2.24) is 0 Å². The fourth-order valence-electron chi connectivity index (χ4n) is 1.72. The number of benzene rings is 1. The molecule has 20 heavy (non-hydrogen) atoms. The van der Waals surface area contributed by atoms with Crippen LogP contribution in [0.25, 0.3) is 0 Å². The first kappa shape index (κ1) is 14.9. The minimum Gasteiger partial charge on any atom is -0.496 e. The van der Waals surface area contributed by atoms with Crippen molar-refractivity contribution in [2.24, 2.45) is 0 Å². The van der Waals surface area contributed by atoms with Crippen LogP contribution in [-0.4, -0.2) is 27.1 Å². The molecule has 0 aliphatic heterocycles. The highest BCUT2D eigenvalue weighted by molar-refractivity contribution is 9.10. The first-order valence-corrected chi connectivity index (χ1v) is 7.36. The van der Waals surface area contributed by atoms with Crippen LogP contribution in [0.5, 0.6) is 17.2 Å². The van der Waals surface area contributed by atoms with Gasteiger partial charge in [-0.15, -0.1) is 11.3 Å². The van der Waals surface area contributed by atoms with E-state index in [0.29, 0.717) is 27.7 Å². The molecule has 1 aromatic heterocycles. The highest BCUT2D eigenvalue weighted by Crippen LogP contribution is 2.35. The van der Waals surface area contributed by atoms with Crippen molar-refractivity contribution >= 4 is 33.0 Å². The zero-order valence-electron chi connectivity index (χ0n) is 11.2. The van der Waals surface area contributed by atoms with Gasteiger partial charge in [-0.1, -0.05) is 0 Å². The number of methoxy groups -OCH3 is 3. The van der Waals surface area contributed by atoms with E-state index in [0.717, 1.165) is 4.47 Å². The molecule has 0 saturated heterocycles. The molecular weight excluding hydrogens is 344 g/mol. The molecule has 2 rings (SSSR count). The number of hydrogen-bond donors (Lipinski definition) is 0. The lowest BCUT2D eigenvalue weighted by atomic mass is 10.1. The highest BCUT2D eigenvalue weighted by Gasteiger charge is 2.19. The first-order chi connectivity index (χ1) is 9.60. The maximum atomic E-state index is 12.5. The normalized spacial score (nSPS) is 10.2. The Morgan fingerprint density at radius 3 is 2.30 bits per heavy atom. The molecule has 0 amide bonds. The van der Waals surface area contributed by atoms with Crippen molar-refractivity contribution in [3.05, 3.63) is 38.5 Å². The minimum absolute atomic E-state index is 0.124. The molecule has 6 heteroatoms. The Kier molecular flexibility index (Phi) is 4.67. The van der Waals surface area contributed by atoms with Crippen molar-refractivity contribution in [3.8, 4) is 17.2 Å². The average molecular weight is 357 g/mol. The second kappa shape index (κ2) is 6.28. The standard InChI is InChI=1S/C14H13BrO4S/c1-17-8-4-13(20-7-8)14(16)9-5-12(19-3)10(15)6-11(9)18-2/h4-7H,1-3H3. The van der Waals surface area contributed by atoms with E-state index in [4.69, 9.17) is 14.2 Å². The van der Waals surface area contributed by atoms with Crippen LogP contribution >= 0.6 is 27.3 Å². The van der Waals surface area contributed by atoms with Crippen LogP contribution in [0.1, 0.15) is 15.2 Å². The summed E-state index contributed by atoms with van der Waals surface area (Å²) in [6, 6.07) is 5.09. The van der Waals surface area contributed by atoms with Crippen molar-refractivity contribution in [1.29, 1.82) is 0 Å². The fourth-order valence-corrected chi connectivity index (χ4v) is 3.01. The molecular formula is C14H13BrO4S. The van der Waals surface area contributed by atoms with Gasteiger partial charge in [0.05, 0.1) is 36.2 Å². The maximum Gasteiger partial charge on any atom is 0.206 e.